The van der Waals surface area contributed by atoms with E-state index in [1.807, 2.05) is 20.8 Å². The SMILES string of the molecule is C=C(O)CC(C)(O)CCOC(=O)COC(=O)C(CC(C)(C)C)C(C)(C)C. The third kappa shape index (κ3) is 11.1. The van der Waals surface area contributed by atoms with Crippen molar-refractivity contribution in [3.05, 3.63) is 12.3 Å². The zero-order valence-corrected chi connectivity index (χ0v) is 17.3. The fraction of sp³-hybridized carbons (Fsp3) is 0.800. The number of carbonyl (C=O) groups is 2. The highest BCUT2D eigenvalue weighted by atomic mass is 16.6. The maximum Gasteiger partial charge on any atom is 0.344 e. The highest BCUT2D eigenvalue weighted by molar-refractivity contribution is 5.78. The smallest absolute Gasteiger partial charge is 0.344 e. The Hall–Kier alpha value is -1.56. The lowest BCUT2D eigenvalue weighted by Crippen LogP contribution is -2.35. The molecule has 6 nitrogen and oxygen atoms in total. The Morgan fingerprint density at radius 1 is 1.04 bits per heavy atom. The van der Waals surface area contributed by atoms with Crippen molar-refractivity contribution in [1.29, 1.82) is 0 Å². The molecule has 2 unspecified atom stereocenters. The molecule has 0 saturated heterocycles. The lowest BCUT2D eigenvalue weighted by Gasteiger charge is -2.33. The van der Waals surface area contributed by atoms with E-state index in [0.29, 0.717) is 6.42 Å². The van der Waals surface area contributed by atoms with Crippen molar-refractivity contribution in [2.45, 2.75) is 73.3 Å². The monoisotopic (exact) mass is 372 g/mol. The lowest BCUT2D eigenvalue weighted by molar-refractivity contribution is -0.165. The minimum atomic E-state index is -1.22. The first-order valence-corrected chi connectivity index (χ1v) is 8.95. The maximum absolute atomic E-state index is 12.4. The van der Waals surface area contributed by atoms with Crippen LogP contribution in [0.2, 0.25) is 0 Å². The van der Waals surface area contributed by atoms with Crippen LogP contribution in [0.25, 0.3) is 0 Å². The van der Waals surface area contributed by atoms with E-state index in [4.69, 9.17) is 14.6 Å². The molecule has 0 heterocycles. The molecule has 0 spiro atoms. The van der Waals surface area contributed by atoms with Crippen molar-refractivity contribution >= 4 is 11.9 Å². The third-order valence-electron chi connectivity index (χ3n) is 3.97. The number of aliphatic hydroxyl groups is 2. The molecule has 0 fully saturated rings. The summed E-state index contributed by atoms with van der Waals surface area (Å²) in [4.78, 5) is 24.2. The molecule has 0 aliphatic rings. The highest BCUT2D eigenvalue weighted by Gasteiger charge is 2.36. The molecule has 152 valence electrons. The van der Waals surface area contributed by atoms with Gasteiger partial charge in [-0.3, -0.25) is 4.79 Å². The summed E-state index contributed by atoms with van der Waals surface area (Å²) in [5, 5.41) is 19.1. The van der Waals surface area contributed by atoms with Gasteiger partial charge in [-0.15, -0.1) is 0 Å². The van der Waals surface area contributed by atoms with E-state index in [1.54, 1.807) is 0 Å². The number of aliphatic hydroxyl groups excluding tert-OH is 1. The van der Waals surface area contributed by atoms with Crippen molar-refractivity contribution < 1.29 is 29.3 Å². The van der Waals surface area contributed by atoms with Gasteiger partial charge in [-0.25, -0.2) is 4.79 Å². The predicted octanol–water partition coefficient (Wildman–Crippen LogP) is 3.77. The molecule has 0 bridgehead atoms. The molecule has 26 heavy (non-hydrogen) atoms. The summed E-state index contributed by atoms with van der Waals surface area (Å²) in [6, 6.07) is 0. The Kier molecular flexibility index (Phi) is 8.83. The maximum atomic E-state index is 12.4. The molecule has 6 heteroatoms. The average Bonchev–Trinajstić information content (AvgIpc) is 2.38. The van der Waals surface area contributed by atoms with Gasteiger partial charge in [0.05, 0.1) is 23.9 Å². The van der Waals surface area contributed by atoms with Crippen LogP contribution in [-0.2, 0) is 19.1 Å². The molecule has 0 amide bonds. The molecule has 0 radical (unpaired) electrons. The Morgan fingerprint density at radius 3 is 2.00 bits per heavy atom. The summed E-state index contributed by atoms with van der Waals surface area (Å²) in [7, 11) is 0. The fourth-order valence-corrected chi connectivity index (χ4v) is 2.54. The van der Waals surface area contributed by atoms with E-state index in [9.17, 15) is 14.7 Å². The van der Waals surface area contributed by atoms with Crippen molar-refractivity contribution in [2.24, 2.45) is 16.7 Å². The quantitative estimate of drug-likeness (QED) is 0.473. The molecule has 0 aliphatic heterocycles. The first kappa shape index (κ1) is 24.4. The largest absolute Gasteiger partial charge is 0.513 e. The van der Waals surface area contributed by atoms with Crippen LogP contribution >= 0.6 is 0 Å². The number of ether oxygens (including phenoxy) is 2. The molecular weight excluding hydrogens is 336 g/mol. The van der Waals surface area contributed by atoms with Gasteiger partial charge in [0, 0.05) is 12.8 Å². The zero-order valence-electron chi connectivity index (χ0n) is 17.3. The van der Waals surface area contributed by atoms with Crippen LogP contribution in [0.15, 0.2) is 12.3 Å². The Labute approximate surface area is 157 Å². The van der Waals surface area contributed by atoms with Crippen molar-refractivity contribution in [2.75, 3.05) is 13.2 Å². The molecule has 2 N–H and O–H groups in total. The molecule has 0 aliphatic carbocycles. The first-order chi connectivity index (χ1) is 11.5. The van der Waals surface area contributed by atoms with Gasteiger partial charge in [-0.05, 0) is 24.2 Å². The second-order valence-electron chi connectivity index (χ2n) is 9.50. The molecule has 0 aromatic rings. The summed E-state index contributed by atoms with van der Waals surface area (Å²) >= 11 is 0. The summed E-state index contributed by atoms with van der Waals surface area (Å²) in [6.45, 7) is 16.4. The second kappa shape index (κ2) is 9.40. The predicted molar refractivity (Wildman–Crippen MR) is 101 cm³/mol. The number of carbonyl (C=O) groups excluding carboxylic acids is 2. The number of esters is 2. The van der Waals surface area contributed by atoms with Gasteiger partial charge in [0.15, 0.2) is 6.61 Å². The molecule has 2 atom stereocenters. The molecular formula is C20H36O6. The standard InChI is InChI=1S/C20H36O6/c1-14(21)11-20(8,24)9-10-25-16(22)13-26-17(23)15(19(5,6)7)12-18(2,3)4/h15,21,24H,1,9-13H2,2-8H3. The van der Waals surface area contributed by atoms with Crippen LogP contribution in [-0.4, -0.2) is 41.0 Å². The van der Waals surface area contributed by atoms with Crippen LogP contribution in [0.1, 0.15) is 67.7 Å². The Bertz CT molecular complexity index is 493. The normalized spacial score (nSPS) is 15.7. The summed E-state index contributed by atoms with van der Waals surface area (Å²) < 4.78 is 10.1. The number of hydrogen-bond donors (Lipinski definition) is 2. The van der Waals surface area contributed by atoms with E-state index in [2.05, 4.69) is 27.4 Å². The van der Waals surface area contributed by atoms with Gasteiger partial charge in [0.25, 0.3) is 0 Å². The Balaban J connectivity index is 4.47. The van der Waals surface area contributed by atoms with E-state index in [1.165, 1.54) is 6.92 Å². The zero-order chi connectivity index (χ0) is 20.8. The van der Waals surface area contributed by atoms with Gasteiger partial charge in [-0.1, -0.05) is 48.1 Å². The van der Waals surface area contributed by atoms with E-state index in [-0.39, 0.29) is 42.0 Å². The summed E-state index contributed by atoms with van der Waals surface area (Å²) in [5.74, 6) is -1.54. The Morgan fingerprint density at radius 2 is 1.58 bits per heavy atom. The second-order valence-corrected chi connectivity index (χ2v) is 9.50. The van der Waals surface area contributed by atoms with E-state index in [0.717, 1.165) is 0 Å². The van der Waals surface area contributed by atoms with Gasteiger partial charge >= 0.3 is 11.9 Å². The van der Waals surface area contributed by atoms with Crippen molar-refractivity contribution in [1.82, 2.24) is 0 Å². The molecule has 0 aromatic carbocycles. The first-order valence-electron chi connectivity index (χ1n) is 8.95. The molecule has 0 aromatic heterocycles. The summed E-state index contributed by atoms with van der Waals surface area (Å²) in [5.41, 5.74) is -1.54. The highest BCUT2D eigenvalue weighted by Crippen LogP contribution is 2.36. The van der Waals surface area contributed by atoms with Crippen LogP contribution in [0.5, 0.6) is 0 Å². The average molecular weight is 373 g/mol. The van der Waals surface area contributed by atoms with Crippen molar-refractivity contribution in [3.8, 4) is 0 Å². The molecule has 0 saturated carbocycles. The fourth-order valence-electron chi connectivity index (χ4n) is 2.54. The van der Waals surface area contributed by atoms with E-state index >= 15 is 0 Å². The van der Waals surface area contributed by atoms with Crippen LogP contribution in [0.3, 0.4) is 0 Å². The third-order valence-corrected chi connectivity index (χ3v) is 3.97. The van der Waals surface area contributed by atoms with Gasteiger partial charge in [0.2, 0.25) is 0 Å². The van der Waals surface area contributed by atoms with Gasteiger partial charge < -0.3 is 19.7 Å². The number of rotatable bonds is 9. The lowest BCUT2D eigenvalue weighted by atomic mass is 9.72. The summed E-state index contributed by atoms with van der Waals surface area (Å²) in [6.07, 6.45) is 0.790. The number of hydrogen-bond acceptors (Lipinski definition) is 6. The minimum absolute atomic E-state index is 0.000395. The van der Waals surface area contributed by atoms with Crippen LogP contribution in [0, 0.1) is 16.7 Å². The van der Waals surface area contributed by atoms with Gasteiger partial charge in [-0.2, -0.15) is 0 Å². The topological polar surface area (TPSA) is 93.1 Å². The van der Waals surface area contributed by atoms with Gasteiger partial charge in [0.1, 0.15) is 0 Å². The molecule has 0 rings (SSSR count). The minimum Gasteiger partial charge on any atom is -0.513 e. The van der Waals surface area contributed by atoms with Crippen LogP contribution in [0.4, 0.5) is 0 Å². The van der Waals surface area contributed by atoms with Crippen LogP contribution < -0.4 is 0 Å². The van der Waals surface area contributed by atoms with Crippen molar-refractivity contribution in [3.63, 3.8) is 0 Å². The van der Waals surface area contributed by atoms with E-state index < -0.39 is 24.1 Å².